The molecule has 0 aliphatic carbocycles. The van der Waals surface area contributed by atoms with Crippen LogP contribution >= 0.6 is 0 Å². The third-order valence-electron chi connectivity index (χ3n) is 2.31. The normalized spacial score (nSPS) is 11.4. The zero-order chi connectivity index (χ0) is 13.1. The lowest BCUT2D eigenvalue weighted by Crippen LogP contribution is -2.49. The number of nitrogens with one attached hydrogen (secondary N) is 2. The molecule has 1 aromatic rings. The third kappa shape index (κ3) is 3.78. The van der Waals surface area contributed by atoms with Crippen molar-refractivity contribution in [3.8, 4) is 0 Å². The molecule has 0 heterocycles. The molecule has 0 spiro atoms. The molecule has 1 rings (SSSR count). The summed E-state index contributed by atoms with van der Waals surface area (Å²) in [5, 5.41) is 5.44. The summed E-state index contributed by atoms with van der Waals surface area (Å²) in [6.45, 7) is 5.89. The first-order valence-corrected chi connectivity index (χ1v) is 5.37. The van der Waals surface area contributed by atoms with Gasteiger partial charge in [-0.25, -0.2) is 8.78 Å². The van der Waals surface area contributed by atoms with Crippen LogP contribution in [0.4, 0.5) is 14.5 Å². The fraction of sp³-hybridized carbons (Fsp3) is 0.417. The van der Waals surface area contributed by atoms with Gasteiger partial charge in [0.25, 0.3) is 0 Å². The maximum Gasteiger partial charge on any atom is 0.244 e. The van der Waals surface area contributed by atoms with Crippen molar-refractivity contribution in [2.24, 2.45) is 0 Å². The van der Waals surface area contributed by atoms with Crippen molar-refractivity contribution < 1.29 is 13.6 Å². The van der Waals surface area contributed by atoms with Crippen LogP contribution < -0.4 is 10.6 Å². The molecule has 5 heteroatoms. The van der Waals surface area contributed by atoms with E-state index in [2.05, 4.69) is 10.6 Å². The zero-order valence-electron chi connectivity index (χ0n) is 10.1. The van der Waals surface area contributed by atoms with Crippen LogP contribution in [-0.4, -0.2) is 18.0 Å². The summed E-state index contributed by atoms with van der Waals surface area (Å²) in [6.07, 6.45) is 0. The molecule has 2 N–H and O–H groups in total. The summed E-state index contributed by atoms with van der Waals surface area (Å²) < 4.78 is 25.8. The molecule has 0 atom stereocenters. The number of carbonyl (C=O) groups excluding carboxylic acids is 1. The summed E-state index contributed by atoms with van der Waals surface area (Å²) in [4.78, 5) is 11.8. The average Bonchev–Trinajstić information content (AvgIpc) is 2.15. The second-order valence-corrected chi connectivity index (χ2v) is 4.27. The first-order chi connectivity index (χ1) is 7.85. The predicted octanol–water partition coefficient (Wildman–Crippen LogP) is 2.29. The van der Waals surface area contributed by atoms with E-state index in [0.717, 1.165) is 18.2 Å². The van der Waals surface area contributed by atoms with Crippen molar-refractivity contribution in [3.05, 3.63) is 29.8 Å². The van der Waals surface area contributed by atoms with Gasteiger partial charge in [-0.15, -0.1) is 0 Å². The fourth-order valence-electron chi connectivity index (χ4n) is 1.44. The summed E-state index contributed by atoms with van der Waals surface area (Å²) >= 11 is 0. The van der Waals surface area contributed by atoms with Gasteiger partial charge in [0, 0.05) is 11.8 Å². The zero-order valence-corrected chi connectivity index (χ0v) is 10.1. The smallest absolute Gasteiger partial charge is 0.244 e. The van der Waals surface area contributed by atoms with Gasteiger partial charge in [-0.3, -0.25) is 4.79 Å². The second kappa shape index (κ2) is 5.23. The van der Waals surface area contributed by atoms with Crippen molar-refractivity contribution in [1.29, 1.82) is 0 Å². The van der Waals surface area contributed by atoms with E-state index in [1.807, 2.05) is 6.92 Å². The van der Waals surface area contributed by atoms with E-state index in [4.69, 9.17) is 0 Å². The van der Waals surface area contributed by atoms with Crippen LogP contribution in [0.3, 0.4) is 0 Å². The lowest BCUT2D eigenvalue weighted by atomic mass is 10.0. The fourth-order valence-corrected chi connectivity index (χ4v) is 1.44. The van der Waals surface area contributed by atoms with E-state index in [9.17, 15) is 13.6 Å². The molecule has 0 saturated carbocycles. The Hall–Kier alpha value is -1.49. The van der Waals surface area contributed by atoms with Crippen molar-refractivity contribution in [3.63, 3.8) is 0 Å². The van der Waals surface area contributed by atoms with E-state index < -0.39 is 17.2 Å². The van der Waals surface area contributed by atoms with Crippen LogP contribution in [-0.2, 0) is 4.79 Å². The van der Waals surface area contributed by atoms with E-state index in [1.54, 1.807) is 13.8 Å². The minimum absolute atomic E-state index is 0.110. The Morgan fingerprint density at radius 3 is 2.24 bits per heavy atom. The first-order valence-electron chi connectivity index (χ1n) is 5.37. The van der Waals surface area contributed by atoms with Gasteiger partial charge in [0.1, 0.15) is 11.6 Å². The number of benzene rings is 1. The number of likely N-dealkylation sites (N-methyl/N-ethyl adjacent to an activating group) is 1. The molecule has 3 nitrogen and oxygen atoms in total. The number of amides is 1. The molecule has 1 aromatic carbocycles. The second-order valence-electron chi connectivity index (χ2n) is 4.27. The Labute approximate surface area is 99.2 Å². The Bertz CT molecular complexity index is 399. The van der Waals surface area contributed by atoms with Crippen LogP contribution in [0.15, 0.2) is 18.2 Å². The highest BCUT2D eigenvalue weighted by molar-refractivity contribution is 5.97. The van der Waals surface area contributed by atoms with Crippen molar-refractivity contribution >= 4 is 11.6 Å². The van der Waals surface area contributed by atoms with E-state index in [1.165, 1.54) is 0 Å². The molecule has 0 radical (unpaired) electrons. The Morgan fingerprint density at radius 1 is 1.24 bits per heavy atom. The van der Waals surface area contributed by atoms with Crippen molar-refractivity contribution in [2.45, 2.75) is 26.3 Å². The highest BCUT2D eigenvalue weighted by Gasteiger charge is 2.26. The summed E-state index contributed by atoms with van der Waals surface area (Å²) in [6, 6.07) is 2.90. The standard InChI is InChI=1S/C12H16F2N2O/c1-4-15-12(2,3)11(17)16-10-6-8(13)5-9(14)7-10/h5-7,15H,4H2,1-3H3,(H,16,17). The SMILES string of the molecule is CCNC(C)(C)C(=O)Nc1cc(F)cc(F)c1. The maximum absolute atomic E-state index is 12.9. The van der Waals surface area contributed by atoms with Gasteiger partial charge in [-0.2, -0.15) is 0 Å². The Kier molecular flexibility index (Phi) is 4.17. The minimum Gasteiger partial charge on any atom is -0.324 e. The monoisotopic (exact) mass is 242 g/mol. The molecule has 0 aliphatic heterocycles. The lowest BCUT2D eigenvalue weighted by Gasteiger charge is -2.24. The molecule has 17 heavy (non-hydrogen) atoms. The molecule has 0 aromatic heterocycles. The third-order valence-corrected chi connectivity index (χ3v) is 2.31. The van der Waals surface area contributed by atoms with E-state index in [-0.39, 0.29) is 11.6 Å². The van der Waals surface area contributed by atoms with Gasteiger partial charge in [0.2, 0.25) is 5.91 Å². The summed E-state index contributed by atoms with van der Waals surface area (Å²) in [7, 11) is 0. The maximum atomic E-state index is 12.9. The van der Waals surface area contributed by atoms with Crippen LogP contribution in [0.25, 0.3) is 0 Å². The Morgan fingerprint density at radius 2 is 1.76 bits per heavy atom. The van der Waals surface area contributed by atoms with Crippen molar-refractivity contribution in [2.75, 3.05) is 11.9 Å². The highest BCUT2D eigenvalue weighted by Crippen LogP contribution is 2.15. The lowest BCUT2D eigenvalue weighted by molar-refractivity contribution is -0.121. The van der Waals surface area contributed by atoms with Gasteiger partial charge in [0.05, 0.1) is 5.54 Å². The predicted molar refractivity (Wildman–Crippen MR) is 62.7 cm³/mol. The van der Waals surface area contributed by atoms with Gasteiger partial charge in [-0.05, 0) is 32.5 Å². The van der Waals surface area contributed by atoms with Crippen LogP contribution in [0.2, 0.25) is 0 Å². The van der Waals surface area contributed by atoms with Crippen LogP contribution in [0, 0.1) is 11.6 Å². The molecule has 1 amide bonds. The summed E-state index contributed by atoms with van der Waals surface area (Å²) in [5.74, 6) is -1.78. The Balaban J connectivity index is 2.80. The van der Waals surface area contributed by atoms with Gasteiger partial charge in [-0.1, -0.05) is 6.92 Å². The number of anilines is 1. The molecular weight excluding hydrogens is 226 g/mol. The molecule has 0 fully saturated rings. The molecule has 0 bridgehead atoms. The van der Waals surface area contributed by atoms with Gasteiger partial charge in [0.15, 0.2) is 0 Å². The summed E-state index contributed by atoms with van der Waals surface area (Å²) in [5.41, 5.74) is -0.684. The molecule has 94 valence electrons. The topological polar surface area (TPSA) is 41.1 Å². The first kappa shape index (κ1) is 13.6. The highest BCUT2D eigenvalue weighted by atomic mass is 19.1. The number of carbonyl (C=O) groups is 1. The number of hydrogen-bond acceptors (Lipinski definition) is 2. The van der Waals surface area contributed by atoms with Crippen LogP contribution in [0.5, 0.6) is 0 Å². The minimum atomic E-state index is -0.794. The van der Waals surface area contributed by atoms with Gasteiger partial charge >= 0.3 is 0 Å². The van der Waals surface area contributed by atoms with E-state index in [0.29, 0.717) is 6.54 Å². The molecule has 0 aliphatic rings. The largest absolute Gasteiger partial charge is 0.324 e. The molecule has 0 unspecified atom stereocenters. The molecule has 0 saturated heterocycles. The average molecular weight is 242 g/mol. The number of halogens is 2. The number of rotatable bonds is 4. The quantitative estimate of drug-likeness (QED) is 0.850. The number of hydrogen-bond donors (Lipinski definition) is 2. The van der Waals surface area contributed by atoms with Crippen molar-refractivity contribution in [1.82, 2.24) is 5.32 Å². The van der Waals surface area contributed by atoms with Gasteiger partial charge < -0.3 is 10.6 Å². The van der Waals surface area contributed by atoms with E-state index >= 15 is 0 Å². The molecular formula is C12H16F2N2O. The van der Waals surface area contributed by atoms with Crippen LogP contribution in [0.1, 0.15) is 20.8 Å².